The third-order valence-corrected chi connectivity index (χ3v) is 3.09. The first-order chi connectivity index (χ1) is 10.2. The lowest BCUT2D eigenvalue weighted by molar-refractivity contribution is 0.0697. The average Bonchev–Trinajstić information content (AvgIpc) is 2.47. The van der Waals surface area contributed by atoms with Crippen LogP contribution in [-0.2, 0) is 11.3 Å². The van der Waals surface area contributed by atoms with Gasteiger partial charge in [-0.05, 0) is 23.8 Å². The van der Waals surface area contributed by atoms with Gasteiger partial charge in [0.15, 0.2) is 0 Å². The van der Waals surface area contributed by atoms with Crippen molar-refractivity contribution in [2.24, 2.45) is 0 Å². The molecule has 0 aliphatic heterocycles. The summed E-state index contributed by atoms with van der Waals surface area (Å²) >= 11 is 5.85. The van der Waals surface area contributed by atoms with Crippen LogP contribution in [0, 0.1) is 0 Å². The molecule has 2 aromatic rings. The van der Waals surface area contributed by atoms with E-state index >= 15 is 0 Å². The monoisotopic (exact) mass is 306 g/mol. The molecule has 0 spiro atoms. The third kappa shape index (κ3) is 4.77. The number of hydrogen-bond acceptors (Lipinski definition) is 3. The van der Waals surface area contributed by atoms with Gasteiger partial charge in [0.2, 0.25) is 0 Å². The summed E-state index contributed by atoms with van der Waals surface area (Å²) in [6.07, 6.45) is 0. The van der Waals surface area contributed by atoms with Crippen molar-refractivity contribution < 1.29 is 19.4 Å². The second kappa shape index (κ2) is 7.67. The van der Waals surface area contributed by atoms with Crippen molar-refractivity contribution in [3.8, 4) is 5.75 Å². The van der Waals surface area contributed by atoms with Gasteiger partial charge in [-0.15, -0.1) is 0 Å². The van der Waals surface area contributed by atoms with E-state index in [0.29, 0.717) is 25.6 Å². The van der Waals surface area contributed by atoms with Crippen LogP contribution in [0.15, 0.2) is 48.5 Å². The van der Waals surface area contributed by atoms with Gasteiger partial charge in [0.25, 0.3) is 0 Å². The Bertz CT molecular complexity index is 598. The van der Waals surface area contributed by atoms with Crippen LogP contribution in [0.3, 0.4) is 0 Å². The molecule has 0 saturated heterocycles. The maximum atomic E-state index is 10.8. The maximum absolute atomic E-state index is 10.8. The summed E-state index contributed by atoms with van der Waals surface area (Å²) < 4.78 is 10.9. The molecule has 1 N–H and O–H groups in total. The Morgan fingerprint density at radius 2 is 1.86 bits per heavy atom. The van der Waals surface area contributed by atoms with E-state index in [9.17, 15) is 4.79 Å². The zero-order valence-electron chi connectivity index (χ0n) is 11.3. The molecule has 5 heteroatoms. The molecule has 0 radical (unpaired) electrons. The highest BCUT2D eigenvalue weighted by Crippen LogP contribution is 2.22. The van der Waals surface area contributed by atoms with E-state index in [4.69, 9.17) is 26.2 Å². The van der Waals surface area contributed by atoms with Gasteiger partial charge in [-0.1, -0.05) is 41.9 Å². The molecule has 0 heterocycles. The molecule has 0 fully saturated rings. The number of halogens is 1. The number of ether oxygens (including phenoxy) is 2. The van der Waals surface area contributed by atoms with Gasteiger partial charge < -0.3 is 14.6 Å². The summed E-state index contributed by atoms with van der Waals surface area (Å²) in [6.45, 7) is 1.34. The minimum Gasteiger partial charge on any atom is -0.491 e. The molecule has 0 aliphatic carbocycles. The normalized spacial score (nSPS) is 10.3. The fourth-order valence-corrected chi connectivity index (χ4v) is 1.99. The zero-order chi connectivity index (χ0) is 15.1. The Balaban J connectivity index is 1.74. The van der Waals surface area contributed by atoms with Gasteiger partial charge in [0, 0.05) is 0 Å². The summed E-state index contributed by atoms with van der Waals surface area (Å²) in [5.74, 6) is -0.536. The van der Waals surface area contributed by atoms with Crippen molar-refractivity contribution in [3.05, 3.63) is 64.7 Å². The quantitative estimate of drug-likeness (QED) is 0.794. The van der Waals surface area contributed by atoms with E-state index in [0.717, 1.165) is 5.56 Å². The lowest BCUT2D eigenvalue weighted by Crippen LogP contribution is -2.07. The van der Waals surface area contributed by atoms with Crippen LogP contribution in [0.2, 0.25) is 5.02 Å². The van der Waals surface area contributed by atoms with Crippen molar-refractivity contribution in [2.45, 2.75) is 6.61 Å². The Labute approximate surface area is 127 Å². The summed E-state index contributed by atoms with van der Waals surface area (Å²) in [6, 6.07) is 14.3. The number of aromatic carboxylic acids is 1. The fourth-order valence-electron chi connectivity index (χ4n) is 1.74. The third-order valence-electron chi connectivity index (χ3n) is 2.78. The maximum Gasteiger partial charge on any atom is 0.337 e. The van der Waals surface area contributed by atoms with Gasteiger partial charge in [-0.3, -0.25) is 0 Å². The Kier molecular flexibility index (Phi) is 5.60. The number of carboxylic acids is 1. The number of benzene rings is 2. The van der Waals surface area contributed by atoms with E-state index in [1.165, 1.54) is 12.1 Å². The van der Waals surface area contributed by atoms with Crippen LogP contribution >= 0.6 is 11.6 Å². The molecule has 0 amide bonds. The topological polar surface area (TPSA) is 55.8 Å². The first-order valence-corrected chi connectivity index (χ1v) is 6.82. The van der Waals surface area contributed by atoms with E-state index in [1.807, 2.05) is 30.3 Å². The van der Waals surface area contributed by atoms with Gasteiger partial charge in [-0.25, -0.2) is 4.79 Å². The van der Waals surface area contributed by atoms with Gasteiger partial charge in [0.1, 0.15) is 12.4 Å². The Hall–Kier alpha value is -2.04. The van der Waals surface area contributed by atoms with E-state index < -0.39 is 5.97 Å². The Morgan fingerprint density at radius 1 is 1.10 bits per heavy atom. The van der Waals surface area contributed by atoms with Crippen LogP contribution in [0.1, 0.15) is 15.9 Å². The van der Waals surface area contributed by atoms with Crippen LogP contribution in [0.4, 0.5) is 0 Å². The summed E-state index contributed by atoms with van der Waals surface area (Å²) in [4.78, 5) is 10.8. The van der Waals surface area contributed by atoms with Crippen molar-refractivity contribution in [1.29, 1.82) is 0 Å². The second-order valence-corrected chi connectivity index (χ2v) is 4.74. The van der Waals surface area contributed by atoms with Crippen LogP contribution < -0.4 is 4.74 Å². The van der Waals surface area contributed by atoms with Crippen molar-refractivity contribution in [1.82, 2.24) is 0 Å². The fraction of sp³-hybridized carbons (Fsp3) is 0.188. The second-order valence-electron chi connectivity index (χ2n) is 4.33. The number of hydrogen-bond donors (Lipinski definition) is 1. The van der Waals surface area contributed by atoms with E-state index in [1.54, 1.807) is 6.07 Å². The van der Waals surface area contributed by atoms with Crippen LogP contribution in [0.25, 0.3) is 0 Å². The summed E-state index contributed by atoms with van der Waals surface area (Å²) in [5, 5.41) is 9.02. The number of rotatable bonds is 7. The molecular weight excluding hydrogens is 292 g/mol. The van der Waals surface area contributed by atoms with Gasteiger partial charge in [0.05, 0.1) is 23.8 Å². The first kappa shape index (κ1) is 15.4. The number of carbonyl (C=O) groups is 1. The minimum absolute atomic E-state index is 0.0596. The highest BCUT2D eigenvalue weighted by atomic mass is 35.5. The molecule has 2 rings (SSSR count). The highest BCUT2D eigenvalue weighted by molar-refractivity contribution is 6.33. The molecule has 4 nitrogen and oxygen atoms in total. The average molecular weight is 307 g/mol. The Morgan fingerprint density at radius 3 is 2.52 bits per heavy atom. The summed E-state index contributed by atoms with van der Waals surface area (Å²) in [5.41, 5.74) is 1.16. The SMILES string of the molecule is O=C(O)c1ccc(OCCOCc2ccccc2)cc1Cl. The van der Waals surface area contributed by atoms with Crippen LogP contribution in [-0.4, -0.2) is 24.3 Å². The molecule has 0 bridgehead atoms. The largest absolute Gasteiger partial charge is 0.491 e. The highest BCUT2D eigenvalue weighted by Gasteiger charge is 2.09. The lowest BCUT2D eigenvalue weighted by Gasteiger charge is -2.08. The standard InChI is InChI=1S/C16H15ClO4/c17-15-10-13(6-7-14(15)16(18)19)21-9-8-20-11-12-4-2-1-3-5-12/h1-7,10H,8-9,11H2,(H,18,19). The van der Waals surface area contributed by atoms with Gasteiger partial charge >= 0.3 is 5.97 Å². The predicted molar refractivity (Wildman–Crippen MR) is 80.0 cm³/mol. The smallest absolute Gasteiger partial charge is 0.337 e. The predicted octanol–water partition coefficient (Wildman–Crippen LogP) is 3.63. The molecule has 0 unspecified atom stereocenters. The van der Waals surface area contributed by atoms with E-state index in [-0.39, 0.29) is 10.6 Å². The van der Waals surface area contributed by atoms with E-state index in [2.05, 4.69) is 0 Å². The molecule has 2 aromatic carbocycles. The molecular formula is C16H15ClO4. The van der Waals surface area contributed by atoms with Crippen molar-refractivity contribution in [3.63, 3.8) is 0 Å². The first-order valence-electron chi connectivity index (χ1n) is 6.44. The molecule has 0 aromatic heterocycles. The minimum atomic E-state index is -1.06. The van der Waals surface area contributed by atoms with Gasteiger partial charge in [-0.2, -0.15) is 0 Å². The lowest BCUT2D eigenvalue weighted by atomic mass is 10.2. The molecule has 21 heavy (non-hydrogen) atoms. The molecule has 0 atom stereocenters. The zero-order valence-corrected chi connectivity index (χ0v) is 12.0. The summed E-state index contributed by atoms with van der Waals surface area (Å²) in [7, 11) is 0. The van der Waals surface area contributed by atoms with Crippen molar-refractivity contribution in [2.75, 3.05) is 13.2 Å². The van der Waals surface area contributed by atoms with Crippen molar-refractivity contribution >= 4 is 17.6 Å². The molecule has 0 saturated carbocycles. The number of carboxylic acid groups (broad SMARTS) is 1. The van der Waals surface area contributed by atoms with Crippen LogP contribution in [0.5, 0.6) is 5.75 Å². The molecule has 0 aliphatic rings. The molecule has 110 valence electrons.